The highest BCUT2D eigenvalue weighted by molar-refractivity contribution is 7.80. The number of para-hydroxylation sites is 1. The summed E-state index contributed by atoms with van der Waals surface area (Å²) in [5.74, 6) is 0.852. The molecular formula is C19H23N3OS. The van der Waals surface area contributed by atoms with Crippen molar-refractivity contribution in [3.8, 4) is 5.75 Å². The Hall–Kier alpha value is -2.40. The number of benzene rings is 2. The average molecular weight is 341 g/mol. The van der Waals surface area contributed by atoms with Gasteiger partial charge in [0.2, 0.25) is 0 Å². The van der Waals surface area contributed by atoms with Crippen molar-refractivity contribution in [3.05, 3.63) is 59.2 Å². The second kappa shape index (κ2) is 8.45. The third kappa shape index (κ3) is 5.06. The maximum atomic E-state index is 5.33. The van der Waals surface area contributed by atoms with Crippen LogP contribution >= 0.6 is 12.2 Å². The number of rotatable bonds is 5. The quantitative estimate of drug-likeness (QED) is 0.486. The minimum absolute atomic E-state index is 0.487. The van der Waals surface area contributed by atoms with Crippen molar-refractivity contribution in [1.82, 2.24) is 5.43 Å². The third-order valence-electron chi connectivity index (χ3n) is 3.69. The summed E-state index contributed by atoms with van der Waals surface area (Å²) in [6.45, 7) is 6.07. The number of nitrogens with one attached hydrogen (secondary N) is 2. The van der Waals surface area contributed by atoms with Crippen LogP contribution in [0.1, 0.15) is 23.6 Å². The van der Waals surface area contributed by atoms with Crippen LogP contribution in [0.5, 0.6) is 5.75 Å². The Morgan fingerprint density at radius 3 is 2.29 bits per heavy atom. The number of hydrogen-bond donors (Lipinski definition) is 2. The number of ether oxygens (including phenoxy) is 1. The van der Waals surface area contributed by atoms with Crippen LogP contribution in [0.25, 0.3) is 0 Å². The standard InChI is InChI=1S/C19H23N3OS/c1-13-6-5-7-14(2)18(13)20-19(24)22-21-15(3)12-16-8-10-17(23-4)11-9-16/h5-11H,12H2,1-4H3,(H2,20,22,24). The van der Waals surface area contributed by atoms with E-state index in [2.05, 4.69) is 41.8 Å². The molecule has 0 saturated heterocycles. The maximum absolute atomic E-state index is 5.33. The van der Waals surface area contributed by atoms with Crippen molar-refractivity contribution in [3.63, 3.8) is 0 Å². The van der Waals surface area contributed by atoms with Crippen LogP contribution in [0.3, 0.4) is 0 Å². The van der Waals surface area contributed by atoms with Crippen molar-refractivity contribution < 1.29 is 4.74 Å². The van der Waals surface area contributed by atoms with E-state index in [0.717, 1.165) is 34.7 Å². The van der Waals surface area contributed by atoms with E-state index in [1.165, 1.54) is 5.56 Å². The highest BCUT2D eigenvalue weighted by Gasteiger charge is 2.04. The lowest BCUT2D eigenvalue weighted by Crippen LogP contribution is -2.25. The van der Waals surface area contributed by atoms with E-state index in [9.17, 15) is 0 Å². The highest BCUT2D eigenvalue weighted by Crippen LogP contribution is 2.19. The van der Waals surface area contributed by atoms with E-state index in [1.807, 2.05) is 37.3 Å². The molecule has 5 heteroatoms. The molecule has 0 unspecified atom stereocenters. The topological polar surface area (TPSA) is 45.6 Å². The third-order valence-corrected chi connectivity index (χ3v) is 3.88. The molecule has 24 heavy (non-hydrogen) atoms. The minimum atomic E-state index is 0.487. The summed E-state index contributed by atoms with van der Waals surface area (Å²) >= 11 is 5.33. The molecule has 0 saturated carbocycles. The molecule has 2 aromatic rings. The molecule has 0 heterocycles. The summed E-state index contributed by atoms with van der Waals surface area (Å²) in [7, 11) is 1.66. The monoisotopic (exact) mass is 341 g/mol. The zero-order valence-corrected chi connectivity index (χ0v) is 15.3. The first-order valence-electron chi connectivity index (χ1n) is 7.79. The minimum Gasteiger partial charge on any atom is -0.497 e. The van der Waals surface area contributed by atoms with Gasteiger partial charge in [0.1, 0.15) is 5.75 Å². The van der Waals surface area contributed by atoms with Gasteiger partial charge in [-0.15, -0.1) is 0 Å². The van der Waals surface area contributed by atoms with E-state index < -0.39 is 0 Å². The molecule has 126 valence electrons. The highest BCUT2D eigenvalue weighted by atomic mass is 32.1. The van der Waals surface area contributed by atoms with Crippen molar-refractivity contribution in [1.29, 1.82) is 0 Å². The lowest BCUT2D eigenvalue weighted by Gasteiger charge is -2.13. The summed E-state index contributed by atoms with van der Waals surface area (Å²) in [4.78, 5) is 0. The molecule has 0 radical (unpaired) electrons. The van der Waals surface area contributed by atoms with Crippen LogP contribution in [0.15, 0.2) is 47.6 Å². The smallest absolute Gasteiger partial charge is 0.191 e. The van der Waals surface area contributed by atoms with Gasteiger partial charge in [-0.1, -0.05) is 30.3 Å². The fourth-order valence-electron chi connectivity index (χ4n) is 2.38. The molecule has 0 aliphatic rings. The number of anilines is 1. The van der Waals surface area contributed by atoms with E-state index >= 15 is 0 Å². The first-order chi connectivity index (χ1) is 11.5. The van der Waals surface area contributed by atoms with Crippen molar-refractivity contribution in [2.75, 3.05) is 12.4 Å². The Bertz CT molecular complexity index is 719. The summed E-state index contributed by atoms with van der Waals surface area (Å²) < 4.78 is 5.16. The molecule has 0 aliphatic heterocycles. The number of nitrogens with zero attached hydrogens (tertiary/aromatic N) is 1. The Morgan fingerprint density at radius 1 is 1.08 bits per heavy atom. The fraction of sp³-hybridized carbons (Fsp3) is 0.263. The molecule has 0 bridgehead atoms. The molecule has 0 aliphatic carbocycles. The van der Waals surface area contributed by atoms with Gasteiger partial charge in [-0.25, -0.2) is 0 Å². The second-order valence-electron chi connectivity index (χ2n) is 5.70. The second-order valence-corrected chi connectivity index (χ2v) is 6.11. The SMILES string of the molecule is COc1ccc(CC(C)=NNC(=S)Nc2c(C)cccc2C)cc1. The predicted molar refractivity (Wildman–Crippen MR) is 105 cm³/mol. The molecule has 2 N–H and O–H groups in total. The van der Waals surface area contributed by atoms with Gasteiger partial charge < -0.3 is 10.1 Å². The van der Waals surface area contributed by atoms with E-state index in [0.29, 0.717) is 5.11 Å². The summed E-state index contributed by atoms with van der Waals surface area (Å²) in [5, 5.41) is 8.05. The van der Waals surface area contributed by atoms with Crippen LogP contribution < -0.4 is 15.5 Å². The Kier molecular flexibility index (Phi) is 6.32. The summed E-state index contributed by atoms with van der Waals surface area (Å²) in [6.07, 6.45) is 0.753. The molecule has 0 amide bonds. The lowest BCUT2D eigenvalue weighted by molar-refractivity contribution is 0.414. The van der Waals surface area contributed by atoms with E-state index in [-0.39, 0.29) is 0 Å². The molecule has 0 fully saturated rings. The molecule has 0 atom stereocenters. The molecule has 2 rings (SSSR count). The van der Waals surface area contributed by atoms with Gasteiger partial charge in [0.25, 0.3) is 0 Å². The Morgan fingerprint density at radius 2 is 1.71 bits per heavy atom. The zero-order valence-electron chi connectivity index (χ0n) is 14.5. The summed E-state index contributed by atoms with van der Waals surface area (Å²) in [6, 6.07) is 14.1. The maximum Gasteiger partial charge on any atom is 0.191 e. The number of thiocarbonyl (C=S) groups is 1. The number of hydrogen-bond acceptors (Lipinski definition) is 3. The lowest BCUT2D eigenvalue weighted by atomic mass is 10.1. The van der Waals surface area contributed by atoms with Gasteiger partial charge in [0.15, 0.2) is 5.11 Å². The van der Waals surface area contributed by atoms with Gasteiger partial charge >= 0.3 is 0 Å². The van der Waals surface area contributed by atoms with Gasteiger partial charge in [-0.2, -0.15) is 5.10 Å². The molecule has 0 spiro atoms. The zero-order chi connectivity index (χ0) is 17.5. The van der Waals surface area contributed by atoms with Crippen molar-refractivity contribution in [2.24, 2.45) is 5.10 Å². The number of aryl methyl sites for hydroxylation is 2. The van der Waals surface area contributed by atoms with Gasteiger partial charge in [-0.3, -0.25) is 5.43 Å². The molecular weight excluding hydrogens is 318 g/mol. The molecule has 0 aromatic heterocycles. The van der Waals surface area contributed by atoms with Crippen LogP contribution in [0, 0.1) is 13.8 Å². The van der Waals surface area contributed by atoms with Crippen LogP contribution in [0.2, 0.25) is 0 Å². The average Bonchev–Trinajstić information content (AvgIpc) is 2.57. The normalized spacial score (nSPS) is 11.1. The number of methoxy groups -OCH3 is 1. The van der Waals surface area contributed by atoms with Gasteiger partial charge in [-0.05, 0) is 61.8 Å². The van der Waals surface area contributed by atoms with Crippen molar-refractivity contribution >= 4 is 28.7 Å². The number of hydrazone groups is 1. The first-order valence-corrected chi connectivity index (χ1v) is 8.19. The van der Waals surface area contributed by atoms with Gasteiger partial charge in [0, 0.05) is 17.8 Å². The van der Waals surface area contributed by atoms with E-state index in [4.69, 9.17) is 17.0 Å². The Balaban J connectivity index is 1.92. The predicted octanol–water partition coefficient (Wildman–Crippen LogP) is 4.22. The molecule has 2 aromatic carbocycles. The largest absolute Gasteiger partial charge is 0.497 e. The van der Waals surface area contributed by atoms with Crippen LogP contribution in [0.4, 0.5) is 5.69 Å². The first kappa shape index (κ1) is 17.9. The van der Waals surface area contributed by atoms with Crippen molar-refractivity contribution in [2.45, 2.75) is 27.2 Å². The fourth-order valence-corrected chi connectivity index (χ4v) is 2.53. The Labute approximate surface area is 148 Å². The summed E-state index contributed by atoms with van der Waals surface area (Å²) in [5.41, 5.74) is 8.36. The van der Waals surface area contributed by atoms with Gasteiger partial charge in [0.05, 0.1) is 7.11 Å². The molecule has 4 nitrogen and oxygen atoms in total. The van der Waals surface area contributed by atoms with Crippen LogP contribution in [-0.4, -0.2) is 17.9 Å². The van der Waals surface area contributed by atoms with Crippen LogP contribution in [-0.2, 0) is 6.42 Å². The van der Waals surface area contributed by atoms with E-state index in [1.54, 1.807) is 7.11 Å².